The van der Waals surface area contributed by atoms with Crippen LogP contribution in [0.2, 0.25) is 0 Å². The van der Waals surface area contributed by atoms with Crippen LogP contribution in [0.3, 0.4) is 0 Å². The molecule has 0 aliphatic heterocycles. The fourth-order valence-electron chi connectivity index (χ4n) is 11.8. The molecule has 0 fully saturated rings. The zero-order chi connectivity index (χ0) is 71.7. The molecular weight excluding hydrogens is 1270 g/mol. The number of hydrogen-bond acceptors (Lipinski definition) is 15. The van der Waals surface area contributed by atoms with E-state index in [0.29, 0.717) is 31.6 Å². The van der Waals surface area contributed by atoms with Gasteiger partial charge >= 0.3 is 39.5 Å². The second-order valence-electron chi connectivity index (χ2n) is 29.5. The summed E-state index contributed by atoms with van der Waals surface area (Å²) in [5.41, 5.74) is 0. The smallest absolute Gasteiger partial charge is 0.462 e. The summed E-state index contributed by atoms with van der Waals surface area (Å²) in [6, 6.07) is 0. The van der Waals surface area contributed by atoms with Gasteiger partial charge in [0.2, 0.25) is 0 Å². The Bertz CT molecular complexity index is 1910. The maximum Gasteiger partial charge on any atom is 0.472 e. The molecule has 17 nitrogen and oxygen atoms in total. The van der Waals surface area contributed by atoms with Crippen molar-refractivity contribution in [3.8, 4) is 0 Å². The molecule has 0 rings (SSSR count). The number of esters is 4. The highest BCUT2D eigenvalue weighted by molar-refractivity contribution is 7.47. The molecule has 97 heavy (non-hydrogen) atoms. The van der Waals surface area contributed by atoms with Crippen molar-refractivity contribution in [2.75, 3.05) is 39.6 Å². The van der Waals surface area contributed by atoms with Crippen molar-refractivity contribution in [3.05, 3.63) is 0 Å². The first-order valence-electron chi connectivity index (χ1n) is 40.3. The van der Waals surface area contributed by atoms with E-state index in [9.17, 15) is 43.2 Å². The van der Waals surface area contributed by atoms with Gasteiger partial charge in [0, 0.05) is 25.7 Å². The minimum absolute atomic E-state index is 0.105. The Kier molecular flexibility index (Phi) is 65.9. The lowest BCUT2D eigenvalue weighted by atomic mass is 9.99. The zero-order valence-corrected chi connectivity index (χ0v) is 65.5. The van der Waals surface area contributed by atoms with Crippen LogP contribution in [-0.2, 0) is 65.4 Å². The minimum atomic E-state index is -4.96. The maximum atomic E-state index is 13.1. The van der Waals surface area contributed by atoms with Gasteiger partial charge in [-0.15, -0.1) is 0 Å². The monoisotopic (exact) mass is 1420 g/mol. The number of phosphoric acid groups is 2. The van der Waals surface area contributed by atoms with Crippen molar-refractivity contribution in [3.63, 3.8) is 0 Å². The number of ether oxygens (including phenoxy) is 4. The lowest BCUT2D eigenvalue weighted by Gasteiger charge is -2.21. The van der Waals surface area contributed by atoms with Crippen LogP contribution in [0.4, 0.5) is 0 Å². The Hall–Kier alpha value is -1.94. The van der Waals surface area contributed by atoms with Gasteiger partial charge in [0.1, 0.15) is 19.3 Å². The number of carbonyl (C=O) groups is 4. The summed E-state index contributed by atoms with van der Waals surface area (Å²) in [4.78, 5) is 72.8. The molecule has 19 heteroatoms. The molecule has 0 heterocycles. The predicted molar refractivity (Wildman–Crippen MR) is 395 cm³/mol. The largest absolute Gasteiger partial charge is 0.472 e. The number of rotatable bonds is 75. The molecule has 0 aromatic heterocycles. The molecule has 3 N–H and O–H groups in total. The minimum Gasteiger partial charge on any atom is -0.462 e. The highest BCUT2D eigenvalue weighted by Gasteiger charge is 2.30. The molecular formula is C78H152O17P2. The van der Waals surface area contributed by atoms with E-state index >= 15 is 0 Å². The van der Waals surface area contributed by atoms with Crippen LogP contribution >= 0.6 is 15.6 Å². The molecule has 0 bridgehead atoms. The average Bonchev–Trinajstić information content (AvgIpc) is 1.27. The fourth-order valence-corrected chi connectivity index (χ4v) is 13.4. The zero-order valence-electron chi connectivity index (χ0n) is 63.7. The van der Waals surface area contributed by atoms with E-state index in [2.05, 4.69) is 55.4 Å². The first-order chi connectivity index (χ1) is 46.7. The maximum absolute atomic E-state index is 13.1. The van der Waals surface area contributed by atoms with Gasteiger partial charge in [0.15, 0.2) is 12.2 Å². The molecule has 0 aliphatic carbocycles. The van der Waals surface area contributed by atoms with E-state index in [4.69, 9.17) is 37.0 Å². The molecule has 0 aromatic carbocycles. The van der Waals surface area contributed by atoms with Gasteiger partial charge < -0.3 is 33.8 Å². The highest BCUT2D eigenvalue weighted by atomic mass is 31.2. The Labute approximate surface area is 594 Å². The van der Waals surface area contributed by atoms with Crippen molar-refractivity contribution < 1.29 is 80.2 Å². The molecule has 0 saturated heterocycles. The first-order valence-corrected chi connectivity index (χ1v) is 43.3. The van der Waals surface area contributed by atoms with Crippen LogP contribution in [0.15, 0.2) is 0 Å². The average molecular weight is 1420 g/mol. The topological polar surface area (TPSA) is 237 Å². The number of phosphoric ester groups is 2. The van der Waals surface area contributed by atoms with Gasteiger partial charge in [0.05, 0.1) is 26.4 Å². The summed E-state index contributed by atoms with van der Waals surface area (Å²) < 4.78 is 68.5. The fraction of sp³-hybridized carbons (Fsp3) is 0.949. The van der Waals surface area contributed by atoms with Gasteiger partial charge in [0.25, 0.3) is 0 Å². The molecule has 576 valence electrons. The number of hydrogen-bond donors (Lipinski definition) is 3. The number of aliphatic hydroxyl groups is 1. The molecule has 7 atom stereocenters. The van der Waals surface area contributed by atoms with Crippen LogP contribution < -0.4 is 0 Å². The van der Waals surface area contributed by atoms with Crippen molar-refractivity contribution in [1.82, 2.24) is 0 Å². The van der Waals surface area contributed by atoms with E-state index in [1.807, 2.05) is 0 Å². The summed E-state index contributed by atoms with van der Waals surface area (Å²) in [5, 5.41) is 10.6. The Balaban J connectivity index is 5.19. The lowest BCUT2D eigenvalue weighted by Crippen LogP contribution is -2.30. The van der Waals surface area contributed by atoms with Gasteiger partial charge in [-0.3, -0.25) is 37.3 Å². The third-order valence-electron chi connectivity index (χ3n) is 18.8. The van der Waals surface area contributed by atoms with Crippen molar-refractivity contribution in [1.29, 1.82) is 0 Å². The van der Waals surface area contributed by atoms with Crippen LogP contribution in [-0.4, -0.2) is 96.7 Å². The molecule has 0 radical (unpaired) electrons. The summed E-state index contributed by atoms with van der Waals surface area (Å²) in [6.45, 7) is 14.2. The van der Waals surface area contributed by atoms with Crippen molar-refractivity contribution in [2.24, 2.45) is 23.7 Å². The molecule has 0 saturated carbocycles. The van der Waals surface area contributed by atoms with Crippen molar-refractivity contribution in [2.45, 2.75) is 414 Å². The summed E-state index contributed by atoms with van der Waals surface area (Å²) >= 11 is 0. The van der Waals surface area contributed by atoms with E-state index in [1.165, 1.54) is 193 Å². The molecule has 0 spiro atoms. The van der Waals surface area contributed by atoms with E-state index in [1.54, 1.807) is 0 Å². The predicted octanol–water partition coefficient (Wildman–Crippen LogP) is 22.8. The Morgan fingerprint density at radius 2 is 0.495 bits per heavy atom. The number of aliphatic hydroxyl groups excluding tert-OH is 1. The number of unbranched alkanes of at least 4 members (excludes halogenated alkanes) is 39. The number of carbonyl (C=O) groups excluding carboxylic acids is 4. The summed E-state index contributed by atoms with van der Waals surface area (Å²) in [7, 11) is -9.91. The molecule has 0 amide bonds. The van der Waals surface area contributed by atoms with Crippen LogP contribution in [0.5, 0.6) is 0 Å². The highest BCUT2D eigenvalue weighted by Crippen LogP contribution is 2.45. The second-order valence-corrected chi connectivity index (χ2v) is 32.4. The van der Waals surface area contributed by atoms with Gasteiger partial charge in [-0.05, 0) is 49.4 Å². The van der Waals surface area contributed by atoms with Crippen LogP contribution in [0.25, 0.3) is 0 Å². The van der Waals surface area contributed by atoms with E-state index < -0.39 is 97.5 Å². The normalized spacial score (nSPS) is 14.6. The molecule has 4 unspecified atom stereocenters. The second kappa shape index (κ2) is 67.2. The third-order valence-corrected chi connectivity index (χ3v) is 20.7. The lowest BCUT2D eigenvalue weighted by molar-refractivity contribution is -0.161. The summed E-state index contributed by atoms with van der Waals surface area (Å²) in [5.74, 6) is 0.972. The Morgan fingerprint density at radius 1 is 0.289 bits per heavy atom. The first kappa shape index (κ1) is 95.1. The SMILES string of the molecule is CCC(C)CCCCCCCCCCCCCCCCCCCCC(=O)O[C@H](COC(=O)CCCCCCCCCCC(C)CC)COP(=O)(O)OC[C@@H](O)COP(=O)(O)OC[C@@H](COC(=O)CCCCCCCCC(C)C)OC(=O)CCCCCCCCCCCCCC(C)C. The van der Waals surface area contributed by atoms with Crippen LogP contribution in [0.1, 0.15) is 396 Å². The van der Waals surface area contributed by atoms with Crippen LogP contribution in [0, 0.1) is 23.7 Å². The molecule has 0 aliphatic rings. The van der Waals surface area contributed by atoms with Gasteiger partial charge in [-0.25, -0.2) is 9.13 Å². The Morgan fingerprint density at radius 3 is 0.732 bits per heavy atom. The van der Waals surface area contributed by atoms with Gasteiger partial charge in [-0.2, -0.15) is 0 Å². The summed E-state index contributed by atoms with van der Waals surface area (Å²) in [6.07, 6.45) is 52.9. The standard InChI is InChI=1S/C78H152O17P2/c1-9-70(7)56-48-40-31-25-21-17-15-13-11-12-14-16-18-22-26-34-44-52-60-77(82)94-73(64-88-75(80)58-50-42-33-29-28-32-41-49-57-71(8)10-2)66-92-96(84,85)90-62-72(79)63-91-97(86,87)93-67-74(65-89-76(81)59-51-43-37-36-39-47-55-69(5)6)95-78(83)61-53-45-35-27-23-19-20-24-30-38-46-54-68(3)4/h68-74,79H,9-67H2,1-8H3,(H,84,85)(H,86,87)/t70?,71?,72-,73-,74-/m1/s1. The quantitative estimate of drug-likeness (QED) is 0.0222. The van der Waals surface area contributed by atoms with E-state index in [-0.39, 0.29) is 25.7 Å². The molecule has 0 aromatic rings. The van der Waals surface area contributed by atoms with Gasteiger partial charge in [-0.1, -0.05) is 344 Å². The third kappa shape index (κ3) is 69.5. The van der Waals surface area contributed by atoms with E-state index in [0.717, 1.165) is 114 Å². The van der Waals surface area contributed by atoms with Crippen molar-refractivity contribution >= 4 is 39.5 Å².